The number of amides is 1. The third-order valence-electron chi connectivity index (χ3n) is 3.66. The number of pyridine rings is 1. The highest BCUT2D eigenvalue weighted by atomic mass is 35.5. The van der Waals surface area contributed by atoms with Crippen LogP contribution in [0, 0.1) is 11.3 Å². The number of hydrogen-bond donors (Lipinski definition) is 2. The number of anilines is 3. The van der Waals surface area contributed by atoms with Gasteiger partial charge in [-0.15, -0.1) is 0 Å². The molecule has 0 spiro atoms. The van der Waals surface area contributed by atoms with Gasteiger partial charge in [0.1, 0.15) is 5.15 Å². The van der Waals surface area contributed by atoms with Gasteiger partial charge in [0.2, 0.25) is 10.0 Å². The second-order valence-electron chi connectivity index (χ2n) is 5.62. The molecule has 2 rings (SSSR count). The number of aromatic nitrogens is 1. The Labute approximate surface area is 167 Å². The topological polar surface area (TPSA) is 124 Å². The van der Waals surface area contributed by atoms with Crippen molar-refractivity contribution in [3.05, 3.63) is 46.7 Å². The largest absolute Gasteiger partial charge is 0.353 e. The minimum atomic E-state index is -3.60. The van der Waals surface area contributed by atoms with Gasteiger partial charge in [-0.05, 0) is 31.2 Å². The lowest BCUT2D eigenvalue weighted by molar-refractivity contribution is 0.0365. The highest BCUT2D eigenvalue weighted by Gasteiger charge is 2.19. The van der Waals surface area contributed by atoms with Crippen molar-refractivity contribution in [2.45, 2.75) is 6.92 Å². The van der Waals surface area contributed by atoms with Gasteiger partial charge >= 0.3 is 0 Å². The standard InChI is InChI=1S/C17H18ClN5O4S/c1-4-27-22-17(24)12-10-20-16(18)8-14(12)21-13-6-5-11(9-19)7-15(13)23(2)28(3,25)26/h5-8,10H,4H2,1-3H3,(H,20,21)(H,22,24). The summed E-state index contributed by atoms with van der Waals surface area (Å²) in [6.45, 7) is 1.98. The first-order chi connectivity index (χ1) is 13.2. The van der Waals surface area contributed by atoms with Gasteiger partial charge in [-0.1, -0.05) is 11.6 Å². The highest BCUT2D eigenvalue weighted by molar-refractivity contribution is 7.92. The molecule has 9 nitrogen and oxygen atoms in total. The Hall–Kier alpha value is -2.87. The maximum absolute atomic E-state index is 12.3. The van der Waals surface area contributed by atoms with E-state index in [1.54, 1.807) is 6.92 Å². The monoisotopic (exact) mass is 423 g/mol. The van der Waals surface area contributed by atoms with Gasteiger partial charge in [-0.2, -0.15) is 5.26 Å². The molecule has 0 saturated carbocycles. The van der Waals surface area contributed by atoms with Crippen molar-refractivity contribution in [3.8, 4) is 6.07 Å². The van der Waals surface area contributed by atoms with E-state index in [-0.39, 0.29) is 34.3 Å². The van der Waals surface area contributed by atoms with E-state index in [2.05, 4.69) is 15.8 Å². The van der Waals surface area contributed by atoms with Crippen molar-refractivity contribution >= 4 is 44.6 Å². The predicted octanol–water partition coefficient (Wildman–Crippen LogP) is 2.43. The zero-order chi connectivity index (χ0) is 20.9. The number of hydroxylamine groups is 1. The molecule has 0 atom stereocenters. The number of halogens is 1. The van der Waals surface area contributed by atoms with Crippen LogP contribution in [0.15, 0.2) is 30.5 Å². The third kappa shape index (κ3) is 5.10. The van der Waals surface area contributed by atoms with Crippen LogP contribution in [-0.4, -0.2) is 39.2 Å². The molecule has 2 N–H and O–H groups in total. The Bertz CT molecular complexity index is 1040. The highest BCUT2D eigenvalue weighted by Crippen LogP contribution is 2.32. The summed E-state index contributed by atoms with van der Waals surface area (Å²) in [5.41, 5.74) is 3.53. The molecule has 28 heavy (non-hydrogen) atoms. The number of hydrogen-bond acceptors (Lipinski definition) is 7. The van der Waals surface area contributed by atoms with Crippen molar-refractivity contribution in [1.82, 2.24) is 10.5 Å². The predicted molar refractivity (Wildman–Crippen MR) is 106 cm³/mol. The van der Waals surface area contributed by atoms with Crippen LogP contribution in [0.4, 0.5) is 17.1 Å². The molecule has 0 radical (unpaired) electrons. The molecule has 0 unspecified atom stereocenters. The minimum Gasteiger partial charge on any atom is -0.353 e. The lowest BCUT2D eigenvalue weighted by atomic mass is 10.1. The van der Waals surface area contributed by atoms with E-state index in [0.717, 1.165) is 10.6 Å². The van der Waals surface area contributed by atoms with Crippen LogP contribution in [0.25, 0.3) is 0 Å². The van der Waals surface area contributed by atoms with E-state index in [4.69, 9.17) is 21.7 Å². The van der Waals surface area contributed by atoms with Gasteiger partial charge in [0.05, 0.1) is 47.1 Å². The van der Waals surface area contributed by atoms with E-state index >= 15 is 0 Å². The Balaban J connectivity index is 2.53. The maximum atomic E-state index is 12.3. The van der Waals surface area contributed by atoms with Crippen LogP contribution in [0.5, 0.6) is 0 Å². The molecular weight excluding hydrogens is 406 g/mol. The maximum Gasteiger partial charge on any atom is 0.278 e. The zero-order valence-electron chi connectivity index (χ0n) is 15.4. The summed E-state index contributed by atoms with van der Waals surface area (Å²) in [6.07, 6.45) is 2.31. The first-order valence-electron chi connectivity index (χ1n) is 8.00. The number of nitrogens with zero attached hydrogens (tertiary/aromatic N) is 3. The van der Waals surface area contributed by atoms with E-state index in [9.17, 15) is 13.2 Å². The molecule has 0 fully saturated rings. The first-order valence-corrected chi connectivity index (χ1v) is 10.2. The number of nitriles is 1. The van der Waals surface area contributed by atoms with Crippen LogP contribution in [0.3, 0.4) is 0 Å². The lowest BCUT2D eigenvalue weighted by Gasteiger charge is -2.22. The van der Waals surface area contributed by atoms with E-state index in [1.165, 1.54) is 37.5 Å². The Kier molecular flexibility index (Phi) is 6.80. The lowest BCUT2D eigenvalue weighted by Crippen LogP contribution is -2.26. The summed E-state index contributed by atoms with van der Waals surface area (Å²) in [4.78, 5) is 21.1. The Morgan fingerprint density at radius 1 is 1.36 bits per heavy atom. The summed E-state index contributed by atoms with van der Waals surface area (Å²) in [5.74, 6) is -0.555. The number of nitrogens with one attached hydrogen (secondary N) is 2. The molecule has 0 aliphatic rings. The molecule has 1 heterocycles. The summed E-state index contributed by atoms with van der Waals surface area (Å²) in [5, 5.41) is 12.2. The fourth-order valence-corrected chi connectivity index (χ4v) is 2.86. The first kappa shape index (κ1) is 21.4. The Morgan fingerprint density at radius 3 is 2.68 bits per heavy atom. The molecular formula is C17H18ClN5O4S. The second kappa shape index (κ2) is 8.88. The fraction of sp³-hybridized carbons (Fsp3) is 0.235. The summed E-state index contributed by atoms with van der Waals surface area (Å²) < 4.78 is 25.0. The number of sulfonamides is 1. The second-order valence-corrected chi connectivity index (χ2v) is 8.02. The summed E-state index contributed by atoms with van der Waals surface area (Å²) >= 11 is 5.95. The third-order valence-corrected chi connectivity index (χ3v) is 5.06. The molecule has 0 bridgehead atoms. The number of benzene rings is 1. The van der Waals surface area contributed by atoms with Crippen molar-refractivity contribution in [2.75, 3.05) is 29.5 Å². The molecule has 0 aliphatic heterocycles. The van der Waals surface area contributed by atoms with Gasteiger partial charge in [0, 0.05) is 13.2 Å². The van der Waals surface area contributed by atoms with Crippen molar-refractivity contribution in [1.29, 1.82) is 5.26 Å². The molecule has 2 aromatic rings. The van der Waals surface area contributed by atoms with Crippen molar-refractivity contribution < 1.29 is 18.0 Å². The smallest absolute Gasteiger partial charge is 0.278 e. The van der Waals surface area contributed by atoms with Crippen LogP contribution < -0.4 is 15.1 Å². The molecule has 1 amide bonds. The van der Waals surface area contributed by atoms with Crippen molar-refractivity contribution in [3.63, 3.8) is 0 Å². The molecule has 0 saturated heterocycles. The van der Waals surface area contributed by atoms with Gasteiger partial charge in [0.15, 0.2) is 0 Å². The normalized spacial score (nSPS) is 10.8. The summed E-state index contributed by atoms with van der Waals surface area (Å²) in [7, 11) is -2.24. The van der Waals surface area contributed by atoms with E-state index < -0.39 is 15.9 Å². The van der Waals surface area contributed by atoms with Crippen LogP contribution >= 0.6 is 11.6 Å². The molecule has 0 aliphatic carbocycles. The molecule has 1 aromatic heterocycles. The van der Waals surface area contributed by atoms with Gasteiger partial charge in [0.25, 0.3) is 5.91 Å². The SMILES string of the molecule is CCONC(=O)c1cnc(Cl)cc1Nc1ccc(C#N)cc1N(C)S(C)(=O)=O. The van der Waals surface area contributed by atoms with Gasteiger partial charge in [-0.3, -0.25) is 13.9 Å². The minimum absolute atomic E-state index is 0.127. The number of carbonyl (C=O) groups is 1. The number of carbonyl (C=O) groups excluding carboxylic acids is 1. The van der Waals surface area contributed by atoms with Crippen LogP contribution in [0.1, 0.15) is 22.8 Å². The summed E-state index contributed by atoms with van der Waals surface area (Å²) in [6, 6.07) is 7.86. The number of rotatable bonds is 7. The zero-order valence-corrected chi connectivity index (χ0v) is 16.9. The van der Waals surface area contributed by atoms with Crippen LogP contribution in [0.2, 0.25) is 5.15 Å². The van der Waals surface area contributed by atoms with Crippen molar-refractivity contribution in [2.24, 2.45) is 0 Å². The van der Waals surface area contributed by atoms with E-state index in [0.29, 0.717) is 5.69 Å². The van der Waals surface area contributed by atoms with Gasteiger partial charge < -0.3 is 5.32 Å². The molecule has 148 valence electrons. The average Bonchev–Trinajstić information content (AvgIpc) is 2.65. The van der Waals surface area contributed by atoms with Gasteiger partial charge in [-0.25, -0.2) is 18.9 Å². The van der Waals surface area contributed by atoms with Crippen LogP contribution in [-0.2, 0) is 14.9 Å². The Morgan fingerprint density at radius 2 is 2.07 bits per heavy atom. The average molecular weight is 424 g/mol. The fourth-order valence-electron chi connectivity index (χ4n) is 2.20. The quantitative estimate of drug-likeness (QED) is 0.517. The van der Waals surface area contributed by atoms with E-state index in [1.807, 2.05) is 6.07 Å². The molecule has 11 heteroatoms. The molecule has 1 aromatic carbocycles.